The Morgan fingerprint density at radius 1 is 1.25 bits per heavy atom. The van der Waals surface area contributed by atoms with Gasteiger partial charge < -0.3 is 0 Å². The highest BCUT2D eigenvalue weighted by Gasteiger charge is 2.00. The van der Waals surface area contributed by atoms with Gasteiger partial charge in [0.25, 0.3) is 0 Å². The maximum atomic E-state index is 2.31. The highest BCUT2D eigenvalue weighted by atomic mass is 15.1. The van der Waals surface area contributed by atoms with Gasteiger partial charge in [-0.1, -0.05) is 39.3 Å². The van der Waals surface area contributed by atoms with Crippen LogP contribution in [0.1, 0.15) is 34.6 Å². The van der Waals surface area contributed by atoms with E-state index in [4.69, 9.17) is 0 Å². The molecule has 0 fully saturated rings. The SMILES string of the molecule is CCN([CH]C(C)=CC(C)C)CC. The third-order valence-corrected chi connectivity index (χ3v) is 1.79. The van der Waals surface area contributed by atoms with Gasteiger partial charge in [-0.25, -0.2) is 0 Å². The fourth-order valence-electron chi connectivity index (χ4n) is 1.26. The van der Waals surface area contributed by atoms with E-state index in [9.17, 15) is 0 Å². The Morgan fingerprint density at radius 3 is 2.08 bits per heavy atom. The van der Waals surface area contributed by atoms with Crippen molar-refractivity contribution in [3.05, 3.63) is 18.2 Å². The zero-order valence-electron chi connectivity index (χ0n) is 9.09. The first kappa shape index (κ1) is 11.7. The van der Waals surface area contributed by atoms with Gasteiger partial charge in [-0.2, -0.15) is 0 Å². The van der Waals surface area contributed by atoms with Crippen LogP contribution in [0.3, 0.4) is 0 Å². The minimum Gasteiger partial charge on any atom is -0.295 e. The molecule has 0 saturated carbocycles. The molecule has 12 heavy (non-hydrogen) atoms. The average molecular weight is 168 g/mol. The van der Waals surface area contributed by atoms with Crippen LogP contribution in [0.2, 0.25) is 0 Å². The smallest absolute Gasteiger partial charge is 0.0498 e. The summed E-state index contributed by atoms with van der Waals surface area (Å²) in [5, 5.41) is 0. The lowest BCUT2D eigenvalue weighted by atomic mass is 10.1. The lowest BCUT2D eigenvalue weighted by Gasteiger charge is -2.17. The Morgan fingerprint density at radius 2 is 1.75 bits per heavy atom. The molecule has 0 atom stereocenters. The van der Waals surface area contributed by atoms with Gasteiger partial charge in [0.1, 0.15) is 0 Å². The summed E-state index contributed by atoms with van der Waals surface area (Å²) in [6.07, 6.45) is 2.29. The molecule has 0 spiro atoms. The monoisotopic (exact) mass is 168 g/mol. The van der Waals surface area contributed by atoms with E-state index < -0.39 is 0 Å². The first-order valence-electron chi connectivity index (χ1n) is 4.87. The molecule has 0 aromatic heterocycles. The molecule has 0 rings (SSSR count). The van der Waals surface area contributed by atoms with Crippen molar-refractivity contribution in [3.63, 3.8) is 0 Å². The second-order valence-corrected chi connectivity index (χ2v) is 3.51. The van der Waals surface area contributed by atoms with Crippen LogP contribution in [-0.4, -0.2) is 18.0 Å². The van der Waals surface area contributed by atoms with E-state index in [0.29, 0.717) is 5.92 Å². The molecule has 0 heterocycles. The Hall–Kier alpha value is -0.300. The van der Waals surface area contributed by atoms with Crippen molar-refractivity contribution in [1.29, 1.82) is 0 Å². The van der Waals surface area contributed by atoms with Crippen molar-refractivity contribution < 1.29 is 0 Å². The third kappa shape index (κ3) is 5.36. The normalized spacial score (nSPS) is 13.1. The molecular weight excluding hydrogens is 146 g/mol. The standard InChI is InChI=1S/C11H22N/c1-6-12(7-2)9-11(5)8-10(3)4/h8-10H,6-7H2,1-5H3. The van der Waals surface area contributed by atoms with Gasteiger partial charge in [0.2, 0.25) is 0 Å². The first-order chi connectivity index (χ1) is 5.60. The van der Waals surface area contributed by atoms with Crippen LogP contribution in [0.25, 0.3) is 0 Å². The third-order valence-electron chi connectivity index (χ3n) is 1.79. The molecule has 1 heteroatoms. The summed E-state index contributed by atoms with van der Waals surface area (Å²) >= 11 is 0. The van der Waals surface area contributed by atoms with Gasteiger partial charge in [0.15, 0.2) is 0 Å². The first-order valence-corrected chi connectivity index (χ1v) is 4.87. The van der Waals surface area contributed by atoms with Crippen molar-refractivity contribution in [2.24, 2.45) is 5.92 Å². The molecule has 0 unspecified atom stereocenters. The van der Waals surface area contributed by atoms with Crippen molar-refractivity contribution in [2.75, 3.05) is 13.1 Å². The van der Waals surface area contributed by atoms with E-state index in [2.05, 4.69) is 52.1 Å². The lowest BCUT2D eigenvalue weighted by Crippen LogP contribution is -2.20. The van der Waals surface area contributed by atoms with Crippen LogP contribution < -0.4 is 0 Å². The van der Waals surface area contributed by atoms with E-state index in [1.54, 1.807) is 0 Å². The van der Waals surface area contributed by atoms with Gasteiger partial charge >= 0.3 is 0 Å². The predicted octanol–water partition coefficient (Wildman–Crippen LogP) is 3.09. The molecule has 0 aromatic rings. The van der Waals surface area contributed by atoms with E-state index >= 15 is 0 Å². The van der Waals surface area contributed by atoms with Gasteiger partial charge in [-0.15, -0.1) is 0 Å². The summed E-state index contributed by atoms with van der Waals surface area (Å²) in [7, 11) is 0. The van der Waals surface area contributed by atoms with Crippen LogP contribution in [0, 0.1) is 12.5 Å². The van der Waals surface area contributed by atoms with Gasteiger partial charge in [0, 0.05) is 6.54 Å². The Kier molecular flexibility index (Phi) is 6.09. The number of allylic oxidation sites excluding steroid dienone is 1. The number of nitrogens with zero attached hydrogens (tertiary/aromatic N) is 1. The second kappa shape index (κ2) is 6.24. The molecule has 0 saturated heterocycles. The lowest BCUT2D eigenvalue weighted by molar-refractivity contribution is 0.381. The van der Waals surface area contributed by atoms with E-state index in [-0.39, 0.29) is 0 Å². The maximum Gasteiger partial charge on any atom is 0.0498 e. The number of rotatable bonds is 5. The Balaban J connectivity index is 3.88. The summed E-state index contributed by atoms with van der Waals surface area (Å²) < 4.78 is 0. The molecule has 0 aliphatic rings. The minimum absolute atomic E-state index is 0.650. The van der Waals surface area contributed by atoms with Gasteiger partial charge in [-0.3, -0.25) is 4.90 Å². The largest absolute Gasteiger partial charge is 0.295 e. The summed E-state index contributed by atoms with van der Waals surface area (Å²) in [6.45, 7) is 15.4. The molecule has 0 amide bonds. The van der Waals surface area contributed by atoms with E-state index in [1.807, 2.05) is 0 Å². The molecule has 0 aromatic carbocycles. The minimum atomic E-state index is 0.650. The molecule has 71 valence electrons. The van der Waals surface area contributed by atoms with E-state index in [1.165, 1.54) is 5.57 Å². The number of hydrogen-bond acceptors (Lipinski definition) is 1. The molecular formula is C11H22N. The van der Waals surface area contributed by atoms with Gasteiger partial charge in [0.05, 0.1) is 0 Å². The van der Waals surface area contributed by atoms with Crippen molar-refractivity contribution in [1.82, 2.24) is 4.90 Å². The zero-order chi connectivity index (χ0) is 9.56. The van der Waals surface area contributed by atoms with Crippen molar-refractivity contribution in [2.45, 2.75) is 34.6 Å². The quantitative estimate of drug-likeness (QED) is 0.609. The molecule has 1 radical (unpaired) electrons. The molecule has 0 aliphatic heterocycles. The topological polar surface area (TPSA) is 3.24 Å². The highest BCUT2D eigenvalue weighted by molar-refractivity contribution is 5.10. The summed E-state index contributed by atoms with van der Waals surface area (Å²) in [5.41, 5.74) is 1.37. The number of hydrogen-bond donors (Lipinski definition) is 0. The molecule has 0 aliphatic carbocycles. The highest BCUT2D eigenvalue weighted by Crippen LogP contribution is 2.07. The zero-order valence-corrected chi connectivity index (χ0v) is 9.09. The van der Waals surface area contributed by atoms with Crippen LogP contribution in [0.15, 0.2) is 11.6 Å². The Labute approximate surface area is 77.5 Å². The summed E-state index contributed by atoms with van der Waals surface area (Å²) in [6, 6.07) is 0. The molecule has 0 bridgehead atoms. The maximum absolute atomic E-state index is 2.31. The summed E-state index contributed by atoms with van der Waals surface area (Å²) in [5.74, 6) is 0.650. The van der Waals surface area contributed by atoms with Gasteiger partial charge in [-0.05, 0) is 25.9 Å². The van der Waals surface area contributed by atoms with Crippen LogP contribution >= 0.6 is 0 Å². The fourth-order valence-corrected chi connectivity index (χ4v) is 1.26. The van der Waals surface area contributed by atoms with Crippen molar-refractivity contribution in [3.8, 4) is 0 Å². The Bertz CT molecular complexity index is 132. The number of likely N-dealkylation sites (N-methyl/N-ethyl adjacent to an activating group) is 1. The predicted molar refractivity (Wildman–Crippen MR) is 55.8 cm³/mol. The van der Waals surface area contributed by atoms with Crippen LogP contribution in [0.5, 0.6) is 0 Å². The summed E-state index contributed by atoms with van der Waals surface area (Å²) in [4.78, 5) is 2.31. The molecule has 1 nitrogen and oxygen atoms in total. The van der Waals surface area contributed by atoms with Crippen molar-refractivity contribution >= 4 is 0 Å². The van der Waals surface area contributed by atoms with Crippen LogP contribution in [0.4, 0.5) is 0 Å². The fraction of sp³-hybridized carbons (Fsp3) is 0.727. The second-order valence-electron chi connectivity index (χ2n) is 3.51. The van der Waals surface area contributed by atoms with Crippen LogP contribution in [-0.2, 0) is 0 Å². The van der Waals surface area contributed by atoms with E-state index in [0.717, 1.165) is 13.1 Å². The average Bonchev–Trinajstić information content (AvgIpc) is 1.98. The molecule has 0 N–H and O–H groups in total.